The average Bonchev–Trinajstić information content (AvgIpc) is 2.34. The quantitative estimate of drug-likeness (QED) is 0.657. The van der Waals surface area contributed by atoms with Crippen molar-refractivity contribution in [2.24, 2.45) is 0 Å². The van der Waals surface area contributed by atoms with Gasteiger partial charge in [-0.1, -0.05) is 18.5 Å². The minimum absolute atomic E-state index is 0.0509. The molecule has 54 valence electrons. The number of aromatic amines is 1. The molecule has 1 N–H and O–H groups in total. The summed E-state index contributed by atoms with van der Waals surface area (Å²) in [6.45, 7) is 1.81. The zero-order valence-corrected chi connectivity index (χ0v) is 6.40. The Balaban J connectivity index is 2.93. The number of carbonyl (C=O) groups is 1. The monoisotopic (exact) mass is 157 g/mol. The summed E-state index contributed by atoms with van der Waals surface area (Å²) in [5.41, 5.74) is 0.518. The Labute approximate surface area is 64.2 Å². The van der Waals surface area contributed by atoms with Crippen LogP contribution in [0.3, 0.4) is 0 Å². The number of H-pyrrole nitrogens is 1. The molecular weight excluding hydrogens is 150 g/mol. The van der Waals surface area contributed by atoms with Crippen LogP contribution in [0.15, 0.2) is 12.3 Å². The first kappa shape index (κ1) is 7.35. The number of hydrogen-bond donors (Lipinski definition) is 1. The highest BCUT2D eigenvalue weighted by Crippen LogP contribution is 2.14. The standard InChI is InChI=1S/C7H8ClNO/c1-2-6(10)7-5(8)3-4-9-7/h3-4,9H,2H2,1H3. The molecule has 0 unspecified atom stereocenters. The first-order valence-electron chi connectivity index (χ1n) is 3.11. The van der Waals surface area contributed by atoms with Gasteiger partial charge >= 0.3 is 0 Å². The van der Waals surface area contributed by atoms with E-state index in [0.29, 0.717) is 17.1 Å². The van der Waals surface area contributed by atoms with Gasteiger partial charge in [0.05, 0.1) is 5.02 Å². The van der Waals surface area contributed by atoms with E-state index < -0.39 is 0 Å². The molecule has 2 nitrogen and oxygen atoms in total. The first-order valence-corrected chi connectivity index (χ1v) is 3.49. The van der Waals surface area contributed by atoms with Crippen LogP contribution >= 0.6 is 11.6 Å². The lowest BCUT2D eigenvalue weighted by atomic mass is 10.2. The fourth-order valence-corrected chi connectivity index (χ4v) is 0.964. The van der Waals surface area contributed by atoms with Gasteiger partial charge in [-0.2, -0.15) is 0 Å². The SMILES string of the molecule is CCC(=O)c1[nH]ccc1Cl. The van der Waals surface area contributed by atoms with E-state index in [0.717, 1.165) is 0 Å². The second kappa shape index (κ2) is 2.88. The summed E-state index contributed by atoms with van der Waals surface area (Å²) in [4.78, 5) is 13.8. The summed E-state index contributed by atoms with van der Waals surface area (Å²) in [5, 5.41) is 0.506. The molecule has 0 bridgehead atoms. The maximum atomic E-state index is 11.0. The third-order valence-corrected chi connectivity index (χ3v) is 1.61. The molecule has 10 heavy (non-hydrogen) atoms. The van der Waals surface area contributed by atoms with Crippen LogP contribution in [-0.2, 0) is 0 Å². The van der Waals surface area contributed by atoms with Crippen LogP contribution in [0.25, 0.3) is 0 Å². The maximum absolute atomic E-state index is 11.0. The molecule has 1 aromatic rings. The molecule has 0 spiro atoms. The van der Waals surface area contributed by atoms with Crippen molar-refractivity contribution in [3.05, 3.63) is 23.0 Å². The van der Waals surface area contributed by atoms with Gasteiger partial charge in [0.15, 0.2) is 5.78 Å². The van der Waals surface area contributed by atoms with Gasteiger partial charge in [-0.05, 0) is 6.07 Å². The molecule has 0 fully saturated rings. The van der Waals surface area contributed by atoms with Gasteiger partial charge in [0.1, 0.15) is 5.69 Å². The van der Waals surface area contributed by atoms with Crippen LogP contribution in [0.4, 0.5) is 0 Å². The van der Waals surface area contributed by atoms with Gasteiger partial charge in [-0.3, -0.25) is 4.79 Å². The van der Waals surface area contributed by atoms with E-state index in [9.17, 15) is 4.79 Å². The van der Waals surface area contributed by atoms with Crippen LogP contribution in [0, 0.1) is 0 Å². The van der Waals surface area contributed by atoms with Crippen LogP contribution in [0.5, 0.6) is 0 Å². The fraction of sp³-hybridized carbons (Fsp3) is 0.286. The zero-order valence-electron chi connectivity index (χ0n) is 5.65. The predicted octanol–water partition coefficient (Wildman–Crippen LogP) is 2.26. The number of Topliss-reactive ketones (excluding diaryl/α,β-unsaturated/α-hetero) is 1. The molecule has 1 heterocycles. The molecule has 0 aliphatic heterocycles. The molecule has 3 heteroatoms. The highest BCUT2D eigenvalue weighted by Gasteiger charge is 2.07. The van der Waals surface area contributed by atoms with E-state index in [1.807, 2.05) is 0 Å². The van der Waals surface area contributed by atoms with Gasteiger partial charge in [0.25, 0.3) is 0 Å². The molecule has 0 amide bonds. The van der Waals surface area contributed by atoms with E-state index >= 15 is 0 Å². The van der Waals surface area contributed by atoms with Gasteiger partial charge < -0.3 is 4.98 Å². The first-order chi connectivity index (χ1) is 4.75. The minimum Gasteiger partial charge on any atom is -0.358 e. The van der Waals surface area contributed by atoms with Crippen LogP contribution in [0.2, 0.25) is 5.02 Å². The molecule has 0 saturated heterocycles. The van der Waals surface area contributed by atoms with Crippen molar-refractivity contribution in [2.75, 3.05) is 0 Å². The van der Waals surface area contributed by atoms with E-state index in [-0.39, 0.29) is 5.78 Å². The summed E-state index contributed by atoms with van der Waals surface area (Å²) in [7, 11) is 0. The molecular formula is C7H8ClNO. The Morgan fingerprint density at radius 1 is 1.80 bits per heavy atom. The van der Waals surface area contributed by atoms with Crippen molar-refractivity contribution < 1.29 is 4.79 Å². The van der Waals surface area contributed by atoms with Crippen LogP contribution in [0.1, 0.15) is 23.8 Å². The lowest BCUT2D eigenvalue weighted by Gasteiger charge is -1.91. The van der Waals surface area contributed by atoms with E-state index in [1.54, 1.807) is 19.2 Å². The molecule has 0 saturated carbocycles. The van der Waals surface area contributed by atoms with E-state index in [1.165, 1.54) is 0 Å². The smallest absolute Gasteiger partial charge is 0.180 e. The Morgan fingerprint density at radius 3 is 2.90 bits per heavy atom. The van der Waals surface area contributed by atoms with Crippen LogP contribution < -0.4 is 0 Å². The lowest BCUT2D eigenvalue weighted by Crippen LogP contribution is -1.96. The third kappa shape index (κ3) is 1.21. The number of ketones is 1. The number of aromatic nitrogens is 1. The molecule has 0 radical (unpaired) electrons. The molecule has 0 atom stereocenters. The Morgan fingerprint density at radius 2 is 2.50 bits per heavy atom. The largest absolute Gasteiger partial charge is 0.358 e. The van der Waals surface area contributed by atoms with Gasteiger partial charge in [-0.15, -0.1) is 0 Å². The Bertz CT molecular complexity index is 242. The summed E-state index contributed by atoms with van der Waals surface area (Å²) in [5.74, 6) is 0.0509. The number of rotatable bonds is 2. The summed E-state index contributed by atoms with van der Waals surface area (Å²) in [6, 6.07) is 1.67. The molecule has 0 aliphatic rings. The highest BCUT2D eigenvalue weighted by molar-refractivity contribution is 6.33. The van der Waals surface area contributed by atoms with Crippen LogP contribution in [-0.4, -0.2) is 10.8 Å². The summed E-state index contributed by atoms with van der Waals surface area (Å²) < 4.78 is 0. The van der Waals surface area contributed by atoms with Gasteiger partial charge in [0.2, 0.25) is 0 Å². The summed E-state index contributed by atoms with van der Waals surface area (Å²) >= 11 is 5.66. The average molecular weight is 158 g/mol. The molecule has 1 aromatic heterocycles. The zero-order chi connectivity index (χ0) is 7.56. The van der Waals surface area contributed by atoms with Crippen molar-refractivity contribution in [3.8, 4) is 0 Å². The topological polar surface area (TPSA) is 32.9 Å². The van der Waals surface area contributed by atoms with Crippen molar-refractivity contribution in [2.45, 2.75) is 13.3 Å². The second-order valence-corrected chi connectivity index (χ2v) is 2.38. The summed E-state index contributed by atoms with van der Waals surface area (Å²) in [6.07, 6.45) is 2.14. The lowest BCUT2D eigenvalue weighted by molar-refractivity contribution is 0.0984. The second-order valence-electron chi connectivity index (χ2n) is 1.98. The van der Waals surface area contributed by atoms with E-state index in [2.05, 4.69) is 4.98 Å². The number of nitrogens with one attached hydrogen (secondary N) is 1. The minimum atomic E-state index is 0.0509. The van der Waals surface area contributed by atoms with Crippen molar-refractivity contribution in [1.82, 2.24) is 4.98 Å². The number of hydrogen-bond acceptors (Lipinski definition) is 1. The number of carbonyl (C=O) groups excluding carboxylic acids is 1. The maximum Gasteiger partial charge on any atom is 0.180 e. The number of halogens is 1. The molecule has 0 aromatic carbocycles. The normalized spacial score (nSPS) is 9.80. The van der Waals surface area contributed by atoms with E-state index in [4.69, 9.17) is 11.6 Å². The predicted molar refractivity (Wildman–Crippen MR) is 40.4 cm³/mol. The van der Waals surface area contributed by atoms with Crippen molar-refractivity contribution in [3.63, 3.8) is 0 Å². The van der Waals surface area contributed by atoms with Crippen molar-refractivity contribution in [1.29, 1.82) is 0 Å². The Hall–Kier alpha value is -0.760. The molecule has 0 aliphatic carbocycles. The van der Waals surface area contributed by atoms with Gasteiger partial charge in [0, 0.05) is 12.6 Å². The Kier molecular flexibility index (Phi) is 2.12. The van der Waals surface area contributed by atoms with Gasteiger partial charge in [-0.25, -0.2) is 0 Å². The molecule has 1 rings (SSSR count). The van der Waals surface area contributed by atoms with Crippen molar-refractivity contribution >= 4 is 17.4 Å². The third-order valence-electron chi connectivity index (χ3n) is 1.30. The highest BCUT2D eigenvalue weighted by atomic mass is 35.5. The fourth-order valence-electron chi connectivity index (χ4n) is 0.741.